The molecule has 0 amide bonds. The van der Waals surface area contributed by atoms with Crippen LogP contribution in [0.4, 0.5) is 0 Å². The fraction of sp³-hybridized carbons (Fsp3) is 0.733. The molecule has 0 bridgehead atoms. The van der Waals surface area contributed by atoms with Crippen LogP contribution in [0.15, 0.2) is 0 Å². The van der Waals surface area contributed by atoms with Crippen molar-refractivity contribution in [2.45, 2.75) is 57.8 Å². The number of aromatic hydroxyl groups is 2. The summed E-state index contributed by atoms with van der Waals surface area (Å²) in [6, 6.07) is 1.40. The zero-order valence-corrected chi connectivity index (χ0v) is 13.7. The predicted molar refractivity (Wildman–Crippen MR) is 82.9 cm³/mol. The molecule has 4 nitrogen and oxygen atoms in total. The molecule has 0 atom stereocenters. The summed E-state index contributed by atoms with van der Waals surface area (Å²) in [5.41, 5.74) is 1.97. The van der Waals surface area contributed by atoms with Gasteiger partial charge in [0.1, 0.15) is 8.24 Å². The maximum absolute atomic E-state index is 10.2. The van der Waals surface area contributed by atoms with Gasteiger partial charge in [0.2, 0.25) is 0 Å². The SMILES string of the molecule is C[Si]1(C)CCCN1CCCn1c(O)c2c(c1O)CCC2. The Balaban J connectivity index is 1.62. The van der Waals surface area contributed by atoms with E-state index in [2.05, 4.69) is 17.7 Å². The fourth-order valence-electron chi connectivity index (χ4n) is 3.87. The maximum Gasteiger partial charge on any atom is 0.197 e. The monoisotopic (exact) mass is 294 g/mol. The zero-order chi connectivity index (χ0) is 14.3. The lowest BCUT2D eigenvalue weighted by Crippen LogP contribution is -2.43. The van der Waals surface area contributed by atoms with Gasteiger partial charge in [0.25, 0.3) is 0 Å². The lowest BCUT2D eigenvalue weighted by Gasteiger charge is -2.29. The van der Waals surface area contributed by atoms with Crippen molar-refractivity contribution in [3.05, 3.63) is 11.1 Å². The Bertz CT molecular complexity index is 483. The molecular weight excluding hydrogens is 268 g/mol. The molecule has 1 aromatic rings. The first-order valence-corrected chi connectivity index (χ1v) is 11.0. The fourth-order valence-corrected chi connectivity index (χ4v) is 6.74. The number of rotatable bonds is 4. The van der Waals surface area contributed by atoms with E-state index in [-0.39, 0.29) is 0 Å². The molecule has 0 radical (unpaired) electrons. The first kappa shape index (κ1) is 14.0. The van der Waals surface area contributed by atoms with Crippen LogP contribution in [-0.2, 0) is 19.4 Å². The van der Waals surface area contributed by atoms with Crippen LogP contribution in [0.1, 0.15) is 30.4 Å². The van der Waals surface area contributed by atoms with Crippen LogP contribution >= 0.6 is 0 Å². The number of aromatic nitrogens is 1. The Morgan fingerprint density at radius 3 is 2.20 bits per heavy atom. The molecule has 1 aliphatic carbocycles. The standard InChI is InChI=1S/C15H26N2O2Si/c1-20(2)11-5-9-16(20)8-4-10-17-14(18)12-6-3-7-13(12)15(17)19/h18-19H,3-11H2,1-2H3. The van der Waals surface area contributed by atoms with Crippen molar-refractivity contribution in [1.29, 1.82) is 0 Å². The third kappa shape index (κ3) is 2.27. The molecule has 1 fully saturated rings. The highest BCUT2D eigenvalue weighted by Gasteiger charge is 2.33. The lowest BCUT2D eigenvalue weighted by atomic mass is 10.2. The minimum atomic E-state index is -1.14. The first-order chi connectivity index (χ1) is 9.50. The number of fused-ring (bicyclic) bond motifs is 1. The van der Waals surface area contributed by atoms with E-state index < -0.39 is 8.24 Å². The molecule has 0 spiro atoms. The second-order valence-electron chi connectivity index (χ2n) is 6.87. The van der Waals surface area contributed by atoms with Crippen molar-refractivity contribution in [2.75, 3.05) is 13.1 Å². The van der Waals surface area contributed by atoms with Gasteiger partial charge in [-0.05, 0) is 51.2 Å². The number of hydrogen-bond donors (Lipinski definition) is 2. The van der Waals surface area contributed by atoms with Gasteiger partial charge in [0.05, 0.1) is 0 Å². The largest absolute Gasteiger partial charge is 0.494 e. The first-order valence-electron chi connectivity index (χ1n) is 7.88. The van der Waals surface area contributed by atoms with E-state index in [9.17, 15) is 10.2 Å². The van der Waals surface area contributed by atoms with Crippen LogP contribution in [0.25, 0.3) is 0 Å². The van der Waals surface area contributed by atoms with Crippen LogP contribution < -0.4 is 0 Å². The van der Waals surface area contributed by atoms with Gasteiger partial charge in [0.15, 0.2) is 11.8 Å². The Kier molecular flexibility index (Phi) is 3.58. The van der Waals surface area contributed by atoms with Gasteiger partial charge in [-0.15, -0.1) is 0 Å². The molecule has 5 heteroatoms. The van der Waals surface area contributed by atoms with E-state index >= 15 is 0 Å². The summed E-state index contributed by atoms with van der Waals surface area (Å²) in [6.07, 6.45) is 5.22. The minimum absolute atomic E-state index is 0.313. The summed E-state index contributed by atoms with van der Waals surface area (Å²) < 4.78 is 4.38. The maximum atomic E-state index is 10.2. The van der Waals surface area contributed by atoms with Gasteiger partial charge in [0, 0.05) is 17.7 Å². The van der Waals surface area contributed by atoms with Gasteiger partial charge < -0.3 is 14.8 Å². The summed E-state index contributed by atoms with van der Waals surface area (Å²) >= 11 is 0. The molecule has 20 heavy (non-hydrogen) atoms. The number of hydrogen-bond acceptors (Lipinski definition) is 3. The summed E-state index contributed by atoms with van der Waals surface area (Å²) in [4.78, 5) is 0. The lowest BCUT2D eigenvalue weighted by molar-refractivity contribution is 0.347. The molecule has 2 N–H and O–H groups in total. The topological polar surface area (TPSA) is 48.6 Å². The molecule has 112 valence electrons. The molecule has 2 aliphatic rings. The van der Waals surface area contributed by atoms with Crippen molar-refractivity contribution in [3.8, 4) is 11.8 Å². The summed E-state index contributed by atoms with van der Waals surface area (Å²) in [5, 5.41) is 20.4. The van der Waals surface area contributed by atoms with E-state index in [1.165, 1.54) is 19.0 Å². The van der Waals surface area contributed by atoms with E-state index in [1.807, 2.05) is 0 Å². The predicted octanol–water partition coefficient (Wildman–Crippen LogP) is 2.69. The molecule has 0 unspecified atom stereocenters. The molecule has 2 heterocycles. The molecular formula is C15H26N2O2Si. The smallest absolute Gasteiger partial charge is 0.197 e. The van der Waals surface area contributed by atoms with Crippen molar-refractivity contribution in [1.82, 2.24) is 9.13 Å². The van der Waals surface area contributed by atoms with Crippen LogP contribution in [0.5, 0.6) is 11.8 Å². The highest BCUT2D eigenvalue weighted by molar-refractivity contribution is 6.75. The van der Waals surface area contributed by atoms with E-state index in [4.69, 9.17) is 0 Å². The molecule has 1 saturated heterocycles. The molecule has 1 aliphatic heterocycles. The molecule has 0 saturated carbocycles. The van der Waals surface area contributed by atoms with Gasteiger partial charge in [-0.1, -0.05) is 13.1 Å². The van der Waals surface area contributed by atoms with E-state index in [1.54, 1.807) is 4.57 Å². The Morgan fingerprint density at radius 2 is 1.65 bits per heavy atom. The summed E-state index contributed by atoms with van der Waals surface area (Å²) in [5.74, 6) is 0.626. The third-order valence-electron chi connectivity index (χ3n) is 5.15. The average Bonchev–Trinajstić information content (AvgIpc) is 3.04. The van der Waals surface area contributed by atoms with Gasteiger partial charge in [-0.25, -0.2) is 0 Å². The third-order valence-corrected chi connectivity index (χ3v) is 8.89. The van der Waals surface area contributed by atoms with Crippen LogP contribution in [0, 0.1) is 0 Å². The Labute approximate surface area is 122 Å². The highest BCUT2D eigenvalue weighted by Crippen LogP contribution is 2.39. The molecule has 0 aromatic carbocycles. The average molecular weight is 294 g/mol. The highest BCUT2D eigenvalue weighted by atomic mass is 28.3. The van der Waals surface area contributed by atoms with Crippen molar-refractivity contribution < 1.29 is 10.2 Å². The zero-order valence-electron chi connectivity index (χ0n) is 12.7. The van der Waals surface area contributed by atoms with Gasteiger partial charge >= 0.3 is 0 Å². The van der Waals surface area contributed by atoms with E-state index in [0.29, 0.717) is 11.8 Å². The second kappa shape index (κ2) is 5.11. The Hall–Kier alpha value is -0.943. The van der Waals surface area contributed by atoms with Crippen LogP contribution in [-0.4, -0.2) is 40.7 Å². The molecule has 3 rings (SSSR count). The van der Waals surface area contributed by atoms with Crippen molar-refractivity contribution >= 4 is 8.24 Å². The van der Waals surface area contributed by atoms with E-state index in [0.717, 1.165) is 49.9 Å². The normalized spacial score (nSPS) is 21.5. The quantitative estimate of drug-likeness (QED) is 0.839. The second-order valence-corrected chi connectivity index (χ2v) is 11.6. The van der Waals surface area contributed by atoms with Gasteiger partial charge in [-0.2, -0.15) is 0 Å². The van der Waals surface area contributed by atoms with Crippen LogP contribution in [0.2, 0.25) is 19.1 Å². The minimum Gasteiger partial charge on any atom is -0.494 e. The van der Waals surface area contributed by atoms with Crippen molar-refractivity contribution in [3.63, 3.8) is 0 Å². The molecule has 1 aromatic heterocycles. The van der Waals surface area contributed by atoms with Crippen LogP contribution in [0.3, 0.4) is 0 Å². The Morgan fingerprint density at radius 1 is 1.00 bits per heavy atom. The summed E-state index contributed by atoms with van der Waals surface area (Å²) in [6.45, 7) is 7.95. The number of nitrogens with zero attached hydrogens (tertiary/aromatic N) is 2. The van der Waals surface area contributed by atoms with Crippen molar-refractivity contribution in [2.24, 2.45) is 0 Å². The van der Waals surface area contributed by atoms with Gasteiger partial charge in [-0.3, -0.25) is 4.57 Å². The summed E-state index contributed by atoms with van der Waals surface area (Å²) in [7, 11) is -1.14.